The number of hydrogen-bond donors (Lipinski definition) is 3. The summed E-state index contributed by atoms with van der Waals surface area (Å²) < 4.78 is 12.9. The van der Waals surface area contributed by atoms with Gasteiger partial charge in [-0.15, -0.1) is 0 Å². The van der Waals surface area contributed by atoms with E-state index in [0.717, 1.165) is 24.8 Å². The third-order valence-electron chi connectivity index (χ3n) is 4.63. The standard InChI is InChI=1S/C20H22FN3O2/c21-16-6-3-14(4-7-16)20(26)24-18-9-1-13(2-10-18)12-23-19(25)15-5-8-17(22)11-15/h1-4,6-7,9-10,15,17H,5,8,11-12,22H2,(H,23,25)(H,24,26). The number of anilines is 1. The molecule has 2 amide bonds. The van der Waals surface area contributed by atoms with E-state index in [0.29, 0.717) is 17.8 Å². The zero-order chi connectivity index (χ0) is 18.5. The largest absolute Gasteiger partial charge is 0.352 e. The van der Waals surface area contributed by atoms with Crippen molar-refractivity contribution >= 4 is 17.5 Å². The Morgan fingerprint density at radius 1 is 1.04 bits per heavy atom. The lowest BCUT2D eigenvalue weighted by Crippen LogP contribution is -2.29. The number of amides is 2. The van der Waals surface area contributed by atoms with Gasteiger partial charge >= 0.3 is 0 Å². The quantitative estimate of drug-likeness (QED) is 0.771. The van der Waals surface area contributed by atoms with E-state index in [-0.39, 0.29) is 29.6 Å². The lowest BCUT2D eigenvalue weighted by atomic mass is 10.1. The summed E-state index contributed by atoms with van der Waals surface area (Å²) in [5, 5.41) is 5.69. The fourth-order valence-corrected chi connectivity index (χ4v) is 3.10. The fourth-order valence-electron chi connectivity index (χ4n) is 3.10. The maximum absolute atomic E-state index is 12.9. The number of benzene rings is 2. The molecule has 2 aromatic carbocycles. The Balaban J connectivity index is 1.51. The SMILES string of the molecule is NC1CCC(C(=O)NCc2ccc(NC(=O)c3ccc(F)cc3)cc2)C1. The van der Waals surface area contributed by atoms with Crippen LogP contribution in [0.25, 0.3) is 0 Å². The van der Waals surface area contributed by atoms with E-state index in [1.54, 1.807) is 12.1 Å². The van der Waals surface area contributed by atoms with Gasteiger partial charge < -0.3 is 16.4 Å². The van der Waals surface area contributed by atoms with Gasteiger partial charge in [0.2, 0.25) is 5.91 Å². The van der Waals surface area contributed by atoms with E-state index in [4.69, 9.17) is 5.73 Å². The van der Waals surface area contributed by atoms with Crippen LogP contribution < -0.4 is 16.4 Å². The third kappa shape index (κ3) is 4.67. The normalized spacial score (nSPS) is 19.2. The zero-order valence-electron chi connectivity index (χ0n) is 14.4. The van der Waals surface area contributed by atoms with Gasteiger partial charge in [-0.05, 0) is 61.2 Å². The van der Waals surface area contributed by atoms with Gasteiger partial charge in [0.15, 0.2) is 0 Å². The molecule has 0 aromatic heterocycles. The Kier molecular flexibility index (Phi) is 5.63. The lowest BCUT2D eigenvalue weighted by molar-refractivity contribution is -0.125. The highest BCUT2D eigenvalue weighted by Crippen LogP contribution is 2.24. The molecule has 2 aromatic rings. The fraction of sp³-hybridized carbons (Fsp3) is 0.300. The van der Waals surface area contributed by atoms with Crippen LogP contribution in [0.15, 0.2) is 48.5 Å². The summed E-state index contributed by atoms with van der Waals surface area (Å²) in [5.41, 5.74) is 7.81. The van der Waals surface area contributed by atoms with Gasteiger partial charge in [0.05, 0.1) is 0 Å². The van der Waals surface area contributed by atoms with Crippen LogP contribution >= 0.6 is 0 Å². The molecule has 0 heterocycles. The molecule has 1 aliphatic carbocycles. The first-order chi connectivity index (χ1) is 12.5. The van der Waals surface area contributed by atoms with Crippen LogP contribution in [0, 0.1) is 11.7 Å². The van der Waals surface area contributed by atoms with E-state index in [1.165, 1.54) is 24.3 Å². The van der Waals surface area contributed by atoms with Crippen molar-refractivity contribution < 1.29 is 14.0 Å². The monoisotopic (exact) mass is 355 g/mol. The predicted molar refractivity (Wildman–Crippen MR) is 98.0 cm³/mol. The molecule has 3 rings (SSSR count). The topological polar surface area (TPSA) is 84.2 Å². The van der Waals surface area contributed by atoms with Crippen molar-refractivity contribution in [2.24, 2.45) is 11.7 Å². The van der Waals surface area contributed by atoms with Gasteiger partial charge in [-0.1, -0.05) is 12.1 Å². The second kappa shape index (κ2) is 8.10. The van der Waals surface area contributed by atoms with Crippen molar-refractivity contribution in [3.63, 3.8) is 0 Å². The van der Waals surface area contributed by atoms with Gasteiger partial charge in [-0.3, -0.25) is 9.59 Å². The van der Waals surface area contributed by atoms with Crippen LogP contribution in [0.1, 0.15) is 35.2 Å². The third-order valence-corrected chi connectivity index (χ3v) is 4.63. The Morgan fingerprint density at radius 3 is 2.35 bits per heavy atom. The van der Waals surface area contributed by atoms with Crippen molar-refractivity contribution in [3.05, 3.63) is 65.5 Å². The van der Waals surface area contributed by atoms with Gasteiger partial charge in [0.1, 0.15) is 5.82 Å². The zero-order valence-corrected chi connectivity index (χ0v) is 14.4. The van der Waals surface area contributed by atoms with Gasteiger partial charge in [0, 0.05) is 29.8 Å². The van der Waals surface area contributed by atoms with Crippen molar-refractivity contribution in [2.45, 2.75) is 31.8 Å². The number of nitrogens with two attached hydrogens (primary N) is 1. The lowest BCUT2D eigenvalue weighted by Gasteiger charge is -2.11. The molecule has 2 atom stereocenters. The second-order valence-electron chi connectivity index (χ2n) is 6.65. The molecule has 0 spiro atoms. The smallest absolute Gasteiger partial charge is 0.255 e. The second-order valence-corrected chi connectivity index (χ2v) is 6.65. The Labute approximate surface area is 151 Å². The molecule has 1 fully saturated rings. The molecule has 1 aliphatic rings. The molecule has 136 valence electrons. The molecule has 26 heavy (non-hydrogen) atoms. The Bertz CT molecular complexity index is 775. The number of rotatable bonds is 5. The number of hydrogen-bond acceptors (Lipinski definition) is 3. The minimum absolute atomic E-state index is 0.0132. The van der Waals surface area contributed by atoms with Crippen LogP contribution in [0.5, 0.6) is 0 Å². The molecule has 1 saturated carbocycles. The van der Waals surface area contributed by atoms with Crippen molar-refractivity contribution in [2.75, 3.05) is 5.32 Å². The molecular weight excluding hydrogens is 333 g/mol. The van der Waals surface area contributed by atoms with E-state index in [2.05, 4.69) is 10.6 Å². The highest BCUT2D eigenvalue weighted by atomic mass is 19.1. The summed E-state index contributed by atoms with van der Waals surface area (Å²) in [6.45, 7) is 0.441. The molecule has 4 N–H and O–H groups in total. The average molecular weight is 355 g/mol. The highest BCUT2D eigenvalue weighted by Gasteiger charge is 2.27. The predicted octanol–water partition coefficient (Wildman–Crippen LogP) is 2.82. The van der Waals surface area contributed by atoms with Crippen molar-refractivity contribution in [1.29, 1.82) is 0 Å². The van der Waals surface area contributed by atoms with Crippen LogP contribution in [0.3, 0.4) is 0 Å². The minimum Gasteiger partial charge on any atom is -0.352 e. The number of carbonyl (C=O) groups is 2. The summed E-state index contributed by atoms with van der Waals surface area (Å²) >= 11 is 0. The van der Waals surface area contributed by atoms with E-state index >= 15 is 0 Å². The molecular formula is C20H22FN3O2. The molecule has 0 aliphatic heterocycles. The Hall–Kier alpha value is -2.73. The maximum Gasteiger partial charge on any atom is 0.255 e. The summed E-state index contributed by atoms with van der Waals surface area (Å²) in [4.78, 5) is 24.2. The summed E-state index contributed by atoms with van der Waals surface area (Å²) in [6, 6.07) is 12.7. The van der Waals surface area contributed by atoms with Crippen molar-refractivity contribution in [1.82, 2.24) is 5.32 Å². The number of nitrogens with one attached hydrogen (secondary N) is 2. The number of carbonyl (C=O) groups excluding carboxylic acids is 2. The Morgan fingerprint density at radius 2 is 1.73 bits per heavy atom. The summed E-state index contributed by atoms with van der Waals surface area (Å²) in [6.07, 6.45) is 2.50. The highest BCUT2D eigenvalue weighted by molar-refractivity contribution is 6.04. The van der Waals surface area contributed by atoms with E-state index in [1.807, 2.05) is 12.1 Å². The van der Waals surface area contributed by atoms with Crippen LogP contribution in [0.4, 0.5) is 10.1 Å². The summed E-state index contributed by atoms with van der Waals surface area (Å²) in [7, 11) is 0. The first kappa shape index (κ1) is 18.1. The molecule has 6 heteroatoms. The molecule has 0 saturated heterocycles. The van der Waals surface area contributed by atoms with Gasteiger partial charge in [0.25, 0.3) is 5.91 Å². The first-order valence-electron chi connectivity index (χ1n) is 8.70. The molecule has 0 radical (unpaired) electrons. The minimum atomic E-state index is -0.382. The van der Waals surface area contributed by atoms with E-state index < -0.39 is 0 Å². The number of halogens is 1. The molecule has 0 bridgehead atoms. The van der Waals surface area contributed by atoms with Crippen LogP contribution in [0.2, 0.25) is 0 Å². The van der Waals surface area contributed by atoms with Crippen LogP contribution in [-0.4, -0.2) is 17.9 Å². The van der Waals surface area contributed by atoms with Crippen molar-refractivity contribution in [3.8, 4) is 0 Å². The van der Waals surface area contributed by atoms with Gasteiger partial charge in [-0.2, -0.15) is 0 Å². The molecule has 2 unspecified atom stereocenters. The van der Waals surface area contributed by atoms with Crippen LogP contribution in [-0.2, 0) is 11.3 Å². The first-order valence-corrected chi connectivity index (χ1v) is 8.70. The van der Waals surface area contributed by atoms with Gasteiger partial charge in [-0.25, -0.2) is 4.39 Å². The molecule has 5 nitrogen and oxygen atoms in total. The summed E-state index contributed by atoms with van der Waals surface area (Å²) in [5.74, 6) is -0.623. The maximum atomic E-state index is 12.9. The average Bonchev–Trinajstić information content (AvgIpc) is 3.08. The van der Waals surface area contributed by atoms with E-state index in [9.17, 15) is 14.0 Å².